The summed E-state index contributed by atoms with van der Waals surface area (Å²) in [4.78, 5) is 17.0. The monoisotopic (exact) mass is 279 g/mol. The van der Waals surface area contributed by atoms with Gasteiger partial charge in [0.05, 0.1) is 5.54 Å². The average Bonchev–Trinajstić information content (AvgIpc) is 2.92. The van der Waals surface area contributed by atoms with Crippen molar-refractivity contribution in [2.45, 2.75) is 57.0 Å². The first-order valence-corrected chi connectivity index (χ1v) is 7.97. The molecule has 1 aromatic rings. The van der Waals surface area contributed by atoms with E-state index >= 15 is 0 Å². The van der Waals surface area contributed by atoms with Crippen LogP contribution in [0.3, 0.4) is 0 Å². The van der Waals surface area contributed by atoms with E-state index < -0.39 is 0 Å². The van der Waals surface area contributed by atoms with Gasteiger partial charge in [-0.1, -0.05) is 0 Å². The first kappa shape index (κ1) is 13.1. The zero-order valence-electron chi connectivity index (χ0n) is 11.3. The number of aromatic nitrogens is 1. The maximum atomic E-state index is 12.4. The molecule has 0 aromatic carbocycles. The normalized spacial score (nSPS) is 28.9. The van der Waals surface area contributed by atoms with E-state index in [4.69, 9.17) is 5.73 Å². The highest BCUT2D eigenvalue weighted by atomic mass is 32.1. The molecule has 3 rings (SSSR count). The fourth-order valence-corrected chi connectivity index (χ4v) is 4.10. The molecule has 5 heteroatoms. The molecule has 104 valence electrons. The molecule has 19 heavy (non-hydrogen) atoms. The van der Waals surface area contributed by atoms with Crippen LogP contribution in [0, 0.1) is 12.8 Å². The van der Waals surface area contributed by atoms with Crippen LogP contribution in [-0.4, -0.2) is 16.9 Å². The molecule has 2 atom stereocenters. The number of carbonyl (C=O) groups is 1. The molecule has 0 aliphatic heterocycles. The standard InChI is InChI=1S/C14H21N3OS/c1-9-8-19-13(16-9)14(5-2-6-14)17-12(18)10-3-4-11(15)7-10/h8,10-11H,2-7,15H2,1H3,(H,17,18). The number of amides is 1. The van der Waals surface area contributed by atoms with Crippen LogP contribution in [-0.2, 0) is 10.3 Å². The fourth-order valence-electron chi connectivity index (χ4n) is 3.09. The van der Waals surface area contributed by atoms with Gasteiger partial charge in [0.1, 0.15) is 5.01 Å². The predicted octanol–water partition coefficient (Wildman–Crippen LogP) is 2.07. The largest absolute Gasteiger partial charge is 0.344 e. The van der Waals surface area contributed by atoms with Crippen LogP contribution in [0.1, 0.15) is 49.2 Å². The number of rotatable bonds is 3. The molecule has 2 aliphatic rings. The van der Waals surface area contributed by atoms with Gasteiger partial charge in [-0.2, -0.15) is 0 Å². The second-order valence-corrected chi connectivity index (χ2v) is 6.85. The summed E-state index contributed by atoms with van der Waals surface area (Å²) in [6, 6.07) is 0.204. The van der Waals surface area contributed by atoms with E-state index in [1.54, 1.807) is 11.3 Å². The number of hydrogen-bond acceptors (Lipinski definition) is 4. The maximum absolute atomic E-state index is 12.4. The minimum atomic E-state index is -0.178. The lowest BCUT2D eigenvalue weighted by Gasteiger charge is -2.41. The van der Waals surface area contributed by atoms with Crippen molar-refractivity contribution >= 4 is 17.2 Å². The van der Waals surface area contributed by atoms with Crippen molar-refractivity contribution in [2.24, 2.45) is 11.7 Å². The van der Waals surface area contributed by atoms with Crippen LogP contribution in [0.15, 0.2) is 5.38 Å². The summed E-state index contributed by atoms with van der Waals surface area (Å²) in [5.41, 5.74) is 6.76. The Bertz CT molecular complexity index is 481. The molecule has 0 bridgehead atoms. The first-order chi connectivity index (χ1) is 9.09. The molecule has 2 saturated carbocycles. The van der Waals surface area contributed by atoms with Crippen LogP contribution in [0.25, 0.3) is 0 Å². The van der Waals surface area contributed by atoms with Gasteiger partial charge < -0.3 is 11.1 Å². The van der Waals surface area contributed by atoms with Crippen LogP contribution in [0.5, 0.6) is 0 Å². The second-order valence-electron chi connectivity index (χ2n) is 5.99. The number of aryl methyl sites for hydroxylation is 1. The Kier molecular flexibility index (Phi) is 3.35. The van der Waals surface area contributed by atoms with Crippen molar-refractivity contribution in [3.8, 4) is 0 Å². The smallest absolute Gasteiger partial charge is 0.223 e. The number of thiazole rings is 1. The second kappa shape index (κ2) is 4.87. The minimum Gasteiger partial charge on any atom is -0.344 e. The van der Waals surface area contributed by atoms with Gasteiger partial charge in [-0.05, 0) is 45.4 Å². The molecule has 1 amide bonds. The van der Waals surface area contributed by atoms with E-state index in [1.165, 1.54) is 6.42 Å². The highest BCUT2D eigenvalue weighted by Gasteiger charge is 2.44. The number of hydrogen-bond donors (Lipinski definition) is 2. The Labute approximate surface area is 117 Å². The number of nitrogens with zero attached hydrogens (tertiary/aromatic N) is 1. The molecule has 0 spiro atoms. The first-order valence-electron chi connectivity index (χ1n) is 7.09. The Morgan fingerprint density at radius 3 is 2.79 bits per heavy atom. The van der Waals surface area contributed by atoms with Gasteiger partial charge in [0, 0.05) is 23.0 Å². The van der Waals surface area contributed by atoms with E-state index in [2.05, 4.69) is 15.7 Å². The third-order valence-electron chi connectivity index (χ3n) is 4.44. The number of nitrogens with two attached hydrogens (primary N) is 1. The summed E-state index contributed by atoms with van der Waals surface area (Å²) in [6.45, 7) is 2.00. The summed E-state index contributed by atoms with van der Waals surface area (Å²) >= 11 is 1.67. The lowest BCUT2D eigenvalue weighted by atomic mass is 9.76. The van der Waals surface area contributed by atoms with E-state index in [1.807, 2.05) is 6.92 Å². The average molecular weight is 279 g/mol. The zero-order chi connectivity index (χ0) is 13.5. The molecular formula is C14H21N3OS. The Morgan fingerprint density at radius 2 is 2.32 bits per heavy atom. The quantitative estimate of drug-likeness (QED) is 0.890. The molecule has 3 N–H and O–H groups in total. The van der Waals surface area contributed by atoms with Crippen molar-refractivity contribution in [2.75, 3.05) is 0 Å². The van der Waals surface area contributed by atoms with Crippen molar-refractivity contribution in [3.63, 3.8) is 0 Å². The molecule has 1 aromatic heterocycles. The molecule has 0 radical (unpaired) electrons. The summed E-state index contributed by atoms with van der Waals surface area (Å²) in [7, 11) is 0. The molecule has 4 nitrogen and oxygen atoms in total. The van der Waals surface area contributed by atoms with Crippen molar-refractivity contribution in [3.05, 3.63) is 16.1 Å². The topological polar surface area (TPSA) is 68.0 Å². The van der Waals surface area contributed by atoms with Gasteiger partial charge in [-0.3, -0.25) is 4.79 Å². The van der Waals surface area contributed by atoms with Crippen LogP contribution >= 0.6 is 11.3 Å². The molecular weight excluding hydrogens is 258 g/mol. The van der Waals surface area contributed by atoms with Crippen LogP contribution in [0.4, 0.5) is 0 Å². The zero-order valence-corrected chi connectivity index (χ0v) is 12.1. The summed E-state index contributed by atoms with van der Waals surface area (Å²) in [5.74, 6) is 0.286. The SMILES string of the molecule is Cc1csc(C2(NC(=O)C3CCC(N)C3)CCC2)n1. The van der Waals surface area contributed by atoms with Crippen molar-refractivity contribution < 1.29 is 4.79 Å². The van der Waals surface area contributed by atoms with Gasteiger partial charge in [0.25, 0.3) is 0 Å². The third kappa shape index (κ3) is 2.41. The third-order valence-corrected chi connectivity index (χ3v) is 5.61. The fraction of sp³-hybridized carbons (Fsp3) is 0.714. The Balaban J connectivity index is 1.71. The van der Waals surface area contributed by atoms with E-state index in [9.17, 15) is 4.79 Å². The predicted molar refractivity (Wildman–Crippen MR) is 75.8 cm³/mol. The number of nitrogens with one attached hydrogen (secondary N) is 1. The lowest BCUT2D eigenvalue weighted by molar-refractivity contribution is -0.128. The van der Waals surface area contributed by atoms with Crippen molar-refractivity contribution in [1.29, 1.82) is 0 Å². The summed E-state index contributed by atoms with van der Waals surface area (Å²) in [6.07, 6.45) is 5.94. The van der Waals surface area contributed by atoms with Gasteiger partial charge >= 0.3 is 0 Å². The Hall–Kier alpha value is -0.940. The Morgan fingerprint density at radius 1 is 1.53 bits per heavy atom. The van der Waals surface area contributed by atoms with Crippen LogP contribution in [0.2, 0.25) is 0 Å². The minimum absolute atomic E-state index is 0.105. The van der Waals surface area contributed by atoms with Gasteiger partial charge in [-0.15, -0.1) is 11.3 Å². The van der Waals surface area contributed by atoms with Gasteiger partial charge in [0.2, 0.25) is 5.91 Å². The molecule has 0 saturated heterocycles. The summed E-state index contributed by atoms with van der Waals surface area (Å²) < 4.78 is 0. The molecule has 2 aliphatic carbocycles. The van der Waals surface area contributed by atoms with Gasteiger partial charge in [-0.25, -0.2) is 4.98 Å². The summed E-state index contributed by atoms with van der Waals surface area (Å²) in [5, 5.41) is 6.41. The van der Waals surface area contributed by atoms with E-state index in [0.717, 1.165) is 42.8 Å². The molecule has 2 fully saturated rings. The highest BCUT2D eigenvalue weighted by Crippen LogP contribution is 2.43. The highest BCUT2D eigenvalue weighted by molar-refractivity contribution is 7.09. The maximum Gasteiger partial charge on any atom is 0.223 e. The number of carbonyl (C=O) groups excluding carboxylic acids is 1. The lowest BCUT2D eigenvalue weighted by Crippen LogP contribution is -2.52. The van der Waals surface area contributed by atoms with E-state index in [0.29, 0.717) is 0 Å². The molecule has 1 heterocycles. The van der Waals surface area contributed by atoms with Gasteiger partial charge in [0.15, 0.2) is 0 Å². The van der Waals surface area contributed by atoms with Crippen molar-refractivity contribution in [1.82, 2.24) is 10.3 Å². The van der Waals surface area contributed by atoms with E-state index in [-0.39, 0.29) is 23.4 Å². The molecule has 2 unspecified atom stereocenters. The van der Waals surface area contributed by atoms with Crippen LogP contribution < -0.4 is 11.1 Å².